The van der Waals surface area contributed by atoms with Crippen molar-refractivity contribution in [1.29, 1.82) is 0 Å². The van der Waals surface area contributed by atoms with E-state index in [-0.39, 0.29) is 5.69 Å². The molecule has 1 heterocycles. The molecule has 1 aromatic rings. The second-order valence-electron chi connectivity index (χ2n) is 4.62. The van der Waals surface area contributed by atoms with E-state index < -0.39 is 11.6 Å². The Morgan fingerprint density at radius 3 is 2.94 bits per heavy atom. The SMILES string of the molecule is CN1CCCC1CCNc1cc(F)ccc1F. The zero-order valence-electron chi connectivity index (χ0n) is 10.0. The van der Waals surface area contributed by atoms with Crippen molar-refractivity contribution in [3.63, 3.8) is 0 Å². The summed E-state index contributed by atoms with van der Waals surface area (Å²) in [4.78, 5) is 2.32. The number of hydrogen-bond acceptors (Lipinski definition) is 2. The molecular weight excluding hydrogens is 222 g/mol. The molecule has 1 aliphatic rings. The maximum atomic E-state index is 13.3. The van der Waals surface area contributed by atoms with Crippen molar-refractivity contribution >= 4 is 5.69 Å². The van der Waals surface area contributed by atoms with Crippen LogP contribution in [0.15, 0.2) is 18.2 Å². The molecule has 1 aliphatic heterocycles. The topological polar surface area (TPSA) is 15.3 Å². The lowest BCUT2D eigenvalue weighted by Gasteiger charge is -2.19. The molecule has 1 aromatic carbocycles. The van der Waals surface area contributed by atoms with E-state index in [4.69, 9.17) is 0 Å². The van der Waals surface area contributed by atoms with Crippen LogP contribution in [0.2, 0.25) is 0 Å². The van der Waals surface area contributed by atoms with Gasteiger partial charge in [-0.25, -0.2) is 8.78 Å². The highest BCUT2D eigenvalue weighted by Crippen LogP contribution is 2.19. The summed E-state index contributed by atoms with van der Waals surface area (Å²) in [6.45, 7) is 1.81. The quantitative estimate of drug-likeness (QED) is 0.870. The van der Waals surface area contributed by atoms with Crippen LogP contribution in [-0.2, 0) is 0 Å². The van der Waals surface area contributed by atoms with E-state index in [2.05, 4.69) is 17.3 Å². The highest BCUT2D eigenvalue weighted by molar-refractivity contribution is 5.44. The van der Waals surface area contributed by atoms with Crippen LogP contribution in [0.1, 0.15) is 19.3 Å². The van der Waals surface area contributed by atoms with Gasteiger partial charge in [-0.1, -0.05) is 0 Å². The van der Waals surface area contributed by atoms with E-state index in [1.54, 1.807) is 0 Å². The molecule has 1 saturated heterocycles. The molecule has 0 bridgehead atoms. The van der Waals surface area contributed by atoms with Gasteiger partial charge in [0.1, 0.15) is 11.6 Å². The number of nitrogens with zero attached hydrogens (tertiary/aromatic N) is 1. The van der Waals surface area contributed by atoms with Crippen LogP contribution in [0.5, 0.6) is 0 Å². The van der Waals surface area contributed by atoms with Gasteiger partial charge in [-0.3, -0.25) is 0 Å². The third-order valence-corrected chi connectivity index (χ3v) is 3.39. The van der Waals surface area contributed by atoms with Gasteiger partial charge >= 0.3 is 0 Å². The molecule has 0 aromatic heterocycles. The Hall–Kier alpha value is -1.16. The summed E-state index contributed by atoms with van der Waals surface area (Å²) < 4.78 is 26.2. The predicted octanol–water partition coefficient (Wildman–Crippen LogP) is 2.86. The largest absolute Gasteiger partial charge is 0.383 e. The number of anilines is 1. The molecule has 0 spiro atoms. The van der Waals surface area contributed by atoms with Gasteiger partial charge in [0, 0.05) is 12.6 Å². The Kier molecular flexibility index (Phi) is 3.94. The Balaban J connectivity index is 1.83. The van der Waals surface area contributed by atoms with Gasteiger partial charge in [-0.15, -0.1) is 0 Å². The molecule has 1 unspecified atom stereocenters. The molecule has 17 heavy (non-hydrogen) atoms. The van der Waals surface area contributed by atoms with Crippen molar-refractivity contribution in [1.82, 2.24) is 4.90 Å². The Labute approximate surface area is 101 Å². The first-order chi connectivity index (χ1) is 8.16. The normalized spacial score (nSPS) is 20.8. The summed E-state index contributed by atoms with van der Waals surface area (Å²) in [6, 6.07) is 4.05. The van der Waals surface area contributed by atoms with Crippen LogP contribution < -0.4 is 5.32 Å². The van der Waals surface area contributed by atoms with Gasteiger partial charge in [-0.2, -0.15) is 0 Å². The zero-order chi connectivity index (χ0) is 12.3. The average Bonchev–Trinajstić information content (AvgIpc) is 2.70. The lowest BCUT2D eigenvalue weighted by molar-refractivity contribution is 0.301. The van der Waals surface area contributed by atoms with Gasteiger partial charge in [0.15, 0.2) is 0 Å². The highest BCUT2D eigenvalue weighted by Gasteiger charge is 2.19. The molecular formula is C13H18F2N2. The molecule has 1 fully saturated rings. The first-order valence-corrected chi connectivity index (χ1v) is 6.06. The fourth-order valence-electron chi connectivity index (χ4n) is 2.35. The van der Waals surface area contributed by atoms with Crippen LogP contribution in [0, 0.1) is 11.6 Å². The van der Waals surface area contributed by atoms with Crippen molar-refractivity contribution in [3.05, 3.63) is 29.8 Å². The summed E-state index contributed by atoms with van der Waals surface area (Å²) in [5.74, 6) is -0.807. The van der Waals surface area contributed by atoms with E-state index in [1.165, 1.54) is 18.9 Å². The summed E-state index contributed by atoms with van der Waals surface area (Å²) in [6.07, 6.45) is 3.39. The zero-order valence-corrected chi connectivity index (χ0v) is 10.0. The van der Waals surface area contributed by atoms with E-state index in [0.29, 0.717) is 12.6 Å². The van der Waals surface area contributed by atoms with Crippen LogP contribution >= 0.6 is 0 Å². The predicted molar refractivity (Wildman–Crippen MR) is 65.1 cm³/mol. The average molecular weight is 240 g/mol. The molecule has 0 saturated carbocycles. The monoisotopic (exact) mass is 240 g/mol. The number of benzene rings is 1. The summed E-state index contributed by atoms with van der Waals surface area (Å²) in [7, 11) is 2.11. The molecule has 1 N–H and O–H groups in total. The Morgan fingerprint density at radius 2 is 2.24 bits per heavy atom. The lowest BCUT2D eigenvalue weighted by atomic mass is 10.1. The van der Waals surface area contributed by atoms with Crippen molar-refractivity contribution in [2.75, 3.05) is 25.5 Å². The van der Waals surface area contributed by atoms with Crippen molar-refractivity contribution < 1.29 is 8.78 Å². The molecule has 1 atom stereocenters. The second kappa shape index (κ2) is 5.45. The van der Waals surface area contributed by atoms with Gasteiger partial charge in [0.05, 0.1) is 5.69 Å². The highest BCUT2D eigenvalue weighted by atomic mass is 19.1. The van der Waals surface area contributed by atoms with Crippen molar-refractivity contribution in [2.45, 2.75) is 25.3 Å². The minimum Gasteiger partial charge on any atom is -0.383 e. The van der Waals surface area contributed by atoms with Gasteiger partial charge in [-0.05, 0) is 51.1 Å². The Bertz CT molecular complexity index is 382. The third kappa shape index (κ3) is 3.16. The molecule has 4 heteroatoms. The standard InChI is InChI=1S/C13H18F2N2/c1-17-8-2-3-11(17)6-7-16-13-9-10(14)4-5-12(13)15/h4-5,9,11,16H,2-3,6-8H2,1H3. The molecule has 94 valence electrons. The molecule has 2 nitrogen and oxygen atoms in total. The fraction of sp³-hybridized carbons (Fsp3) is 0.538. The summed E-state index contributed by atoms with van der Waals surface area (Å²) in [5, 5.41) is 2.96. The van der Waals surface area contributed by atoms with Crippen molar-refractivity contribution in [3.8, 4) is 0 Å². The van der Waals surface area contributed by atoms with E-state index in [9.17, 15) is 8.78 Å². The van der Waals surface area contributed by atoms with E-state index in [1.807, 2.05) is 0 Å². The van der Waals surface area contributed by atoms with Crippen LogP contribution in [0.25, 0.3) is 0 Å². The molecule has 2 rings (SSSR count). The van der Waals surface area contributed by atoms with Gasteiger partial charge in [0.2, 0.25) is 0 Å². The molecule has 0 radical (unpaired) electrons. The molecule has 0 aliphatic carbocycles. The Morgan fingerprint density at radius 1 is 1.41 bits per heavy atom. The third-order valence-electron chi connectivity index (χ3n) is 3.39. The second-order valence-corrected chi connectivity index (χ2v) is 4.62. The number of likely N-dealkylation sites (tertiary alicyclic amines) is 1. The first-order valence-electron chi connectivity index (χ1n) is 6.06. The minimum absolute atomic E-state index is 0.255. The summed E-state index contributed by atoms with van der Waals surface area (Å²) in [5.41, 5.74) is 0.255. The number of rotatable bonds is 4. The molecule has 0 amide bonds. The van der Waals surface area contributed by atoms with Crippen LogP contribution in [0.4, 0.5) is 14.5 Å². The maximum absolute atomic E-state index is 13.3. The van der Waals surface area contributed by atoms with Crippen molar-refractivity contribution in [2.24, 2.45) is 0 Å². The van der Waals surface area contributed by atoms with Crippen LogP contribution in [-0.4, -0.2) is 31.1 Å². The van der Waals surface area contributed by atoms with Gasteiger partial charge < -0.3 is 10.2 Å². The minimum atomic E-state index is -0.410. The number of hydrogen-bond donors (Lipinski definition) is 1. The number of nitrogens with one attached hydrogen (secondary N) is 1. The summed E-state index contributed by atoms with van der Waals surface area (Å²) >= 11 is 0. The van der Waals surface area contributed by atoms with Crippen LogP contribution in [0.3, 0.4) is 0 Å². The first kappa shape index (κ1) is 12.3. The fourth-order valence-corrected chi connectivity index (χ4v) is 2.35. The maximum Gasteiger partial charge on any atom is 0.146 e. The smallest absolute Gasteiger partial charge is 0.146 e. The lowest BCUT2D eigenvalue weighted by Crippen LogP contribution is -2.27. The van der Waals surface area contributed by atoms with E-state index in [0.717, 1.165) is 25.1 Å². The number of halogens is 2. The van der Waals surface area contributed by atoms with Gasteiger partial charge in [0.25, 0.3) is 0 Å². The van der Waals surface area contributed by atoms with E-state index >= 15 is 0 Å².